The number of nitrogens with one attached hydrogen (secondary N) is 1. The molecule has 0 radical (unpaired) electrons. The van der Waals surface area contributed by atoms with E-state index in [9.17, 15) is 4.79 Å². The summed E-state index contributed by atoms with van der Waals surface area (Å²) in [4.78, 5) is 14.3. The van der Waals surface area contributed by atoms with Gasteiger partial charge in [0.25, 0.3) is 0 Å². The summed E-state index contributed by atoms with van der Waals surface area (Å²) in [6, 6.07) is 0. The predicted molar refractivity (Wildman–Crippen MR) is 202 cm³/mol. The first kappa shape index (κ1) is 43.1. The molecule has 0 saturated heterocycles. The maximum atomic E-state index is 12.2. The van der Waals surface area contributed by atoms with E-state index in [2.05, 4.69) is 73.0 Å². The molecule has 0 rings (SSSR count). The summed E-state index contributed by atoms with van der Waals surface area (Å²) in [5, 5.41) is 4.59. The smallest absolute Gasteiger partial charge is 0.241 e. The quantitative estimate of drug-likeness (QED) is 0.0341. The van der Waals surface area contributed by atoms with Gasteiger partial charge in [-0.25, -0.2) is 5.43 Å². The summed E-state index contributed by atoms with van der Waals surface area (Å²) in [5.41, 5.74) is 4.03. The Labute approximate surface area is 281 Å². The van der Waals surface area contributed by atoms with Crippen LogP contribution in [-0.4, -0.2) is 37.2 Å². The van der Waals surface area contributed by atoms with Crippen LogP contribution < -0.4 is 5.43 Å². The zero-order chi connectivity index (χ0) is 32.9. The third-order valence-electron chi connectivity index (χ3n) is 8.21. The maximum absolute atomic E-state index is 12.2. The van der Waals surface area contributed by atoms with Gasteiger partial charge in [0.2, 0.25) is 5.91 Å². The number of carbonyl (C=O) groups excluding carboxylic acids is 1. The average molecular weight is 626 g/mol. The van der Waals surface area contributed by atoms with Gasteiger partial charge in [0, 0.05) is 18.7 Å². The van der Waals surface area contributed by atoms with Crippen LogP contribution in [0.5, 0.6) is 0 Å². The van der Waals surface area contributed by atoms with Crippen LogP contribution in [0, 0.1) is 0 Å². The molecule has 4 nitrogen and oxygen atoms in total. The minimum absolute atomic E-state index is 0.0276. The summed E-state index contributed by atoms with van der Waals surface area (Å²) in [7, 11) is 4.00. The van der Waals surface area contributed by atoms with Gasteiger partial charge >= 0.3 is 0 Å². The van der Waals surface area contributed by atoms with Crippen molar-refractivity contribution in [3.63, 3.8) is 0 Å². The first-order valence-electron chi connectivity index (χ1n) is 19.2. The zero-order valence-electron chi connectivity index (χ0n) is 30.5. The molecule has 0 spiro atoms. The Hall–Kier alpha value is -1.94. The summed E-state index contributed by atoms with van der Waals surface area (Å²) < 4.78 is 0. The van der Waals surface area contributed by atoms with Gasteiger partial charge in [0.05, 0.1) is 0 Å². The highest BCUT2D eigenvalue weighted by atomic mass is 16.2. The van der Waals surface area contributed by atoms with Crippen LogP contribution in [0.25, 0.3) is 0 Å². The standard InChI is InChI=1S/C41H75N3O/c1-5-7-9-11-13-15-17-19-21-23-25-27-29-31-33-35-37-40(42-43-41(45)38-39-44(3)4)36-34-32-30-28-26-24-22-20-18-16-14-12-10-8-6-2/h12-15,18-21H,5-11,16-17,22-39H2,1-4H3,(H,43,45)/b14-12-,15-13-,20-18-,21-19-,42-40+. The fraction of sp³-hybridized carbons (Fsp3) is 0.756. The van der Waals surface area contributed by atoms with Crippen LogP contribution >= 0.6 is 0 Å². The second kappa shape index (κ2) is 36.5. The van der Waals surface area contributed by atoms with Crippen LogP contribution in [0.3, 0.4) is 0 Å². The highest BCUT2D eigenvalue weighted by Gasteiger charge is 2.05. The van der Waals surface area contributed by atoms with Crippen molar-refractivity contribution in [3.8, 4) is 0 Å². The maximum Gasteiger partial charge on any atom is 0.241 e. The second-order valence-electron chi connectivity index (χ2n) is 13.1. The summed E-state index contributed by atoms with van der Waals surface area (Å²) >= 11 is 0. The van der Waals surface area contributed by atoms with E-state index in [0.717, 1.165) is 32.2 Å². The van der Waals surface area contributed by atoms with Gasteiger partial charge in [0.15, 0.2) is 0 Å². The first-order chi connectivity index (χ1) is 22.1. The van der Waals surface area contributed by atoms with Gasteiger partial charge in [-0.15, -0.1) is 0 Å². The SMILES string of the molecule is CCCC/C=C\C/C=C\CCCCCCCC/C(CCCCCCCC/C=C\C/C=C\CCCCC)=N\NC(=O)CCN(C)C. The summed E-state index contributed by atoms with van der Waals surface area (Å²) in [6.07, 6.45) is 50.2. The van der Waals surface area contributed by atoms with Gasteiger partial charge in [-0.2, -0.15) is 5.10 Å². The second-order valence-corrected chi connectivity index (χ2v) is 13.1. The molecule has 0 saturated carbocycles. The molecule has 0 aliphatic heterocycles. The molecule has 0 aromatic rings. The molecule has 0 fully saturated rings. The molecule has 0 bridgehead atoms. The molecule has 0 heterocycles. The lowest BCUT2D eigenvalue weighted by Crippen LogP contribution is -2.24. The third kappa shape index (κ3) is 36.4. The van der Waals surface area contributed by atoms with Gasteiger partial charge in [-0.1, -0.05) is 140 Å². The van der Waals surface area contributed by atoms with Gasteiger partial charge in [-0.05, 0) is 97.6 Å². The van der Waals surface area contributed by atoms with Crippen LogP contribution in [0.15, 0.2) is 53.7 Å². The largest absolute Gasteiger partial charge is 0.309 e. The van der Waals surface area contributed by atoms with Crippen LogP contribution in [0.1, 0.15) is 181 Å². The summed E-state index contributed by atoms with van der Waals surface area (Å²) in [6.45, 7) is 5.26. The fourth-order valence-electron chi connectivity index (χ4n) is 5.20. The van der Waals surface area contributed by atoms with Crippen molar-refractivity contribution >= 4 is 11.6 Å². The van der Waals surface area contributed by atoms with E-state index in [1.165, 1.54) is 141 Å². The van der Waals surface area contributed by atoms with Crippen LogP contribution in [0.2, 0.25) is 0 Å². The van der Waals surface area contributed by atoms with Crippen LogP contribution in [0.4, 0.5) is 0 Å². The van der Waals surface area contributed by atoms with E-state index in [1.807, 2.05) is 19.0 Å². The summed E-state index contributed by atoms with van der Waals surface area (Å²) in [5.74, 6) is 0.0276. The topological polar surface area (TPSA) is 44.7 Å². The van der Waals surface area contributed by atoms with E-state index in [-0.39, 0.29) is 5.91 Å². The number of nitrogens with zero attached hydrogens (tertiary/aromatic N) is 2. The number of hydrogen-bond acceptors (Lipinski definition) is 3. The lowest BCUT2D eigenvalue weighted by Gasteiger charge is -2.10. The Morgan fingerprint density at radius 2 is 0.911 bits per heavy atom. The van der Waals surface area contributed by atoms with E-state index in [4.69, 9.17) is 0 Å². The van der Waals surface area contributed by atoms with Crippen molar-refractivity contribution in [2.45, 2.75) is 181 Å². The van der Waals surface area contributed by atoms with Gasteiger partial charge in [-0.3, -0.25) is 4.79 Å². The molecule has 4 heteroatoms. The van der Waals surface area contributed by atoms with Crippen molar-refractivity contribution in [1.82, 2.24) is 10.3 Å². The van der Waals surface area contributed by atoms with Crippen LogP contribution in [-0.2, 0) is 4.79 Å². The number of unbranched alkanes of at least 4 members (excludes halogenated alkanes) is 17. The normalized spacial score (nSPS) is 12.7. The van der Waals surface area contributed by atoms with E-state index in [1.54, 1.807) is 0 Å². The Bertz CT molecular complexity index is 778. The number of amides is 1. The minimum atomic E-state index is 0.0276. The molecule has 260 valence electrons. The molecule has 0 aromatic carbocycles. The first-order valence-corrected chi connectivity index (χ1v) is 19.2. The van der Waals surface area contributed by atoms with Crippen molar-refractivity contribution in [2.24, 2.45) is 5.10 Å². The molecular weight excluding hydrogens is 550 g/mol. The van der Waals surface area contributed by atoms with Gasteiger partial charge in [0.1, 0.15) is 0 Å². The van der Waals surface area contributed by atoms with E-state index < -0.39 is 0 Å². The molecule has 45 heavy (non-hydrogen) atoms. The fourth-order valence-corrected chi connectivity index (χ4v) is 5.20. The molecule has 0 unspecified atom stereocenters. The minimum Gasteiger partial charge on any atom is -0.309 e. The van der Waals surface area contributed by atoms with Crippen molar-refractivity contribution in [1.29, 1.82) is 0 Å². The van der Waals surface area contributed by atoms with E-state index in [0.29, 0.717) is 6.42 Å². The Morgan fingerprint density at radius 1 is 0.511 bits per heavy atom. The highest BCUT2D eigenvalue weighted by molar-refractivity contribution is 5.86. The molecule has 0 aliphatic carbocycles. The monoisotopic (exact) mass is 626 g/mol. The van der Waals surface area contributed by atoms with Crippen molar-refractivity contribution in [2.75, 3.05) is 20.6 Å². The Kier molecular flexibility index (Phi) is 35.0. The molecule has 1 N–H and O–H groups in total. The van der Waals surface area contributed by atoms with E-state index >= 15 is 0 Å². The Balaban J connectivity index is 4.07. The highest BCUT2D eigenvalue weighted by Crippen LogP contribution is 2.14. The zero-order valence-corrected chi connectivity index (χ0v) is 30.5. The number of allylic oxidation sites excluding steroid dienone is 8. The predicted octanol–water partition coefficient (Wildman–Crippen LogP) is 12.4. The number of rotatable bonds is 33. The third-order valence-corrected chi connectivity index (χ3v) is 8.21. The molecule has 0 aromatic heterocycles. The lowest BCUT2D eigenvalue weighted by atomic mass is 10.0. The van der Waals surface area contributed by atoms with Crippen molar-refractivity contribution in [3.05, 3.63) is 48.6 Å². The molecular formula is C41H75N3O. The lowest BCUT2D eigenvalue weighted by molar-refractivity contribution is -0.121. The molecule has 1 amide bonds. The molecule has 0 atom stereocenters. The number of carbonyl (C=O) groups is 1. The Morgan fingerprint density at radius 3 is 1.36 bits per heavy atom. The van der Waals surface area contributed by atoms with Crippen molar-refractivity contribution < 1.29 is 4.79 Å². The number of hydrogen-bond donors (Lipinski definition) is 1. The number of hydrazone groups is 1. The molecule has 0 aliphatic rings. The van der Waals surface area contributed by atoms with Gasteiger partial charge < -0.3 is 4.90 Å². The average Bonchev–Trinajstić information content (AvgIpc) is 3.03.